The molecule has 1 aliphatic heterocycles. The number of likely N-dealkylation sites (N-methyl/N-ethyl adjacent to an activating group) is 1. The van der Waals surface area contributed by atoms with Gasteiger partial charge in [0.2, 0.25) is 0 Å². The monoisotopic (exact) mass is 373 g/mol. The van der Waals surface area contributed by atoms with E-state index < -0.39 is 11.6 Å². The Labute approximate surface area is 161 Å². The van der Waals surface area contributed by atoms with Crippen molar-refractivity contribution in [2.24, 2.45) is 0 Å². The Morgan fingerprint density at radius 3 is 2.56 bits per heavy atom. The minimum atomic E-state index is -0.865. The fourth-order valence-corrected chi connectivity index (χ4v) is 4.07. The maximum atomic E-state index is 13.2. The second-order valence-electron chi connectivity index (χ2n) is 7.76. The summed E-state index contributed by atoms with van der Waals surface area (Å²) < 4.78 is 32.8. The lowest BCUT2D eigenvalue weighted by Crippen LogP contribution is -2.57. The van der Waals surface area contributed by atoms with Gasteiger partial charge in [0.25, 0.3) is 0 Å². The number of unbranched alkanes of at least 4 members (excludes halogenated alkanes) is 1. The van der Waals surface area contributed by atoms with Gasteiger partial charge in [-0.2, -0.15) is 0 Å². The molecular weight excluding hydrogens is 344 g/mol. The van der Waals surface area contributed by atoms with Crippen molar-refractivity contribution in [2.45, 2.75) is 38.1 Å². The molecule has 1 heterocycles. The molecule has 3 rings (SSSR count). The van der Waals surface area contributed by atoms with Crippen LogP contribution in [-0.4, -0.2) is 37.3 Å². The van der Waals surface area contributed by atoms with Crippen molar-refractivity contribution >= 4 is 0 Å². The standard InChI is InChI=1S/C23H29F2NO/c1-18-21(19-9-4-3-5-10-19)11-8-15-26(18,2)14-6-7-16-27-20-12-13-22(24)23(25)17-20/h3-5,9-13,17-18,21H,6-8,14-16H2,1-2H3/q+1. The highest BCUT2D eigenvalue weighted by molar-refractivity contribution is 5.24. The van der Waals surface area contributed by atoms with Crippen molar-refractivity contribution in [3.63, 3.8) is 0 Å². The van der Waals surface area contributed by atoms with Gasteiger partial charge in [-0.05, 0) is 43.9 Å². The van der Waals surface area contributed by atoms with Crippen LogP contribution in [-0.2, 0) is 0 Å². The topological polar surface area (TPSA) is 9.23 Å². The van der Waals surface area contributed by atoms with Gasteiger partial charge in [0.05, 0.1) is 32.8 Å². The van der Waals surface area contributed by atoms with Gasteiger partial charge in [0.15, 0.2) is 11.6 Å². The summed E-state index contributed by atoms with van der Waals surface area (Å²) in [6.07, 6.45) is 5.54. The van der Waals surface area contributed by atoms with E-state index in [2.05, 4.69) is 50.7 Å². The molecule has 2 nitrogen and oxygen atoms in total. The minimum absolute atomic E-state index is 0.388. The molecular formula is C23H29F2NO+. The van der Waals surface area contributed by atoms with E-state index in [9.17, 15) is 8.78 Å². The summed E-state index contributed by atoms with van der Waals surface area (Å²) in [5.41, 5.74) is 1.40. The van der Waals surface area contributed by atoms with Crippen LogP contribution >= 0.6 is 0 Å². The molecule has 3 atom stereocenters. The molecule has 2 aromatic carbocycles. The summed E-state index contributed by atoms with van der Waals surface area (Å²) in [5.74, 6) is -0.831. The minimum Gasteiger partial charge on any atom is -0.493 e. The summed E-state index contributed by atoms with van der Waals surface area (Å²) in [5, 5.41) is 0. The quantitative estimate of drug-likeness (QED) is 0.469. The average Bonchev–Trinajstić information content (AvgIpc) is 2.67. The van der Waals surface area contributed by atoms with Gasteiger partial charge in [-0.25, -0.2) is 8.78 Å². The van der Waals surface area contributed by atoms with Crippen LogP contribution in [0, 0.1) is 18.1 Å². The average molecular weight is 373 g/mol. The molecule has 0 saturated carbocycles. The largest absolute Gasteiger partial charge is 0.493 e. The van der Waals surface area contributed by atoms with Gasteiger partial charge < -0.3 is 9.22 Å². The van der Waals surface area contributed by atoms with Crippen LogP contribution in [0.4, 0.5) is 8.78 Å². The summed E-state index contributed by atoms with van der Waals surface area (Å²) in [6.45, 7) is 5.13. The summed E-state index contributed by atoms with van der Waals surface area (Å²) >= 11 is 0. The normalized spacial score (nSPS) is 25.3. The number of hydrogen-bond acceptors (Lipinski definition) is 1. The van der Waals surface area contributed by atoms with E-state index in [0.29, 0.717) is 24.3 Å². The van der Waals surface area contributed by atoms with E-state index in [1.165, 1.54) is 11.6 Å². The van der Waals surface area contributed by atoms with E-state index in [1.54, 1.807) is 0 Å². The van der Waals surface area contributed by atoms with Crippen LogP contribution in [0.3, 0.4) is 0 Å². The zero-order valence-corrected chi connectivity index (χ0v) is 16.2. The number of halogens is 2. The second-order valence-corrected chi connectivity index (χ2v) is 7.76. The molecule has 3 unspecified atom stereocenters. The first-order valence-electron chi connectivity index (χ1n) is 9.80. The maximum Gasteiger partial charge on any atom is 0.162 e. The van der Waals surface area contributed by atoms with E-state index >= 15 is 0 Å². The maximum absolute atomic E-state index is 13.2. The molecule has 1 saturated heterocycles. The number of likely N-dealkylation sites (tertiary alicyclic amines) is 1. The molecule has 0 aromatic heterocycles. The molecule has 0 aliphatic carbocycles. The third-order valence-electron chi connectivity index (χ3n) is 5.97. The molecule has 0 bridgehead atoms. The summed E-state index contributed by atoms with van der Waals surface area (Å²) in [4.78, 5) is 0. The van der Waals surface area contributed by atoms with Gasteiger partial charge >= 0.3 is 0 Å². The highest BCUT2D eigenvalue weighted by Gasteiger charge is 2.39. The second kappa shape index (κ2) is 8.83. The fraction of sp³-hybridized carbons (Fsp3) is 0.435. The Morgan fingerprint density at radius 1 is 1.04 bits per heavy atom. The molecule has 0 amide bonds. The Balaban J connectivity index is 1.48. The zero-order valence-electron chi connectivity index (χ0n) is 16.2. The van der Waals surface area contributed by atoms with Crippen molar-refractivity contribution in [3.05, 3.63) is 72.1 Å². The lowest BCUT2D eigenvalue weighted by atomic mass is 9.82. The van der Waals surface area contributed by atoms with Crippen molar-refractivity contribution in [2.75, 3.05) is 26.7 Å². The first-order chi connectivity index (χ1) is 13.0. The van der Waals surface area contributed by atoms with E-state index in [4.69, 9.17) is 4.74 Å². The summed E-state index contributed by atoms with van der Waals surface area (Å²) in [7, 11) is 2.35. The number of ether oxygens (including phenoxy) is 1. The summed E-state index contributed by atoms with van der Waals surface area (Å²) in [6, 6.07) is 15.0. The van der Waals surface area contributed by atoms with Gasteiger partial charge in [0.1, 0.15) is 5.75 Å². The molecule has 0 N–H and O–H groups in total. The first-order valence-corrected chi connectivity index (χ1v) is 9.80. The van der Waals surface area contributed by atoms with Crippen molar-refractivity contribution in [3.8, 4) is 5.75 Å². The van der Waals surface area contributed by atoms with Crippen LogP contribution in [0.2, 0.25) is 0 Å². The SMILES string of the molecule is CC1C(c2ccccc2)[CH]CC[N+]1(C)CCCCOc1ccc(F)c(F)c1. The molecule has 1 fully saturated rings. The van der Waals surface area contributed by atoms with Gasteiger partial charge in [0, 0.05) is 18.4 Å². The highest BCUT2D eigenvalue weighted by atomic mass is 19.2. The van der Waals surface area contributed by atoms with E-state index in [-0.39, 0.29) is 0 Å². The Morgan fingerprint density at radius 2 is 1.81 bits per heavy atom. The van der Waals surface area contributed by atoms with Crippen molar-refractivity contribution in [1.82, 2.24) is 0 Å². The van der Waals surface area contributed by atoms with Crippen molar-refractivity contribution < 1.29 is 18.0 Å². The lowest BCUT2D eigenvalue weighted by Gasteiger charge is -2.47. The van der Waals surface area contributed by atoms with Crippen LogP contribution < -0.4 is 4.74 Å². The van der Waals surface area contributed by atoms with Crippen molar-refractivity contribution in [1.29, 1.82) is 0 Å². The Hall–Kier alpha value is -1.94. The molecule has 1 aliphatic rings. The third kappa shape index (κ3) is 4.86. The number of benzene rings is 2. The number of hydrogen-bond donors (Lipinski definition) is 0. The van der Waals surface area contributed by atoms with Crippen LogP contribution in [0.5, 0.6) is 5.75 Å². The molecule has 4 heteroatoms. The van der Waals surface area contributed by atoms with E-state index in [0.717, 1.165) is 49.0 Å². The smallest absolute Gasteiger partial charge is 0.162 e. The predicted molar refractivity (Wildman–Crippen MR) is 105 cm³/mol. The lowest BCUT2D eigenvalue weighted by molar-refractivity contribution is -0.936. The Bertz CT molecular complexity index is 736. The predicted octanol–water partition coefficient (Wildman–Crippen LogP) is 5.35. The molecule has 27 heavy (non-hydrogen) atoms. The van der Waals surface area contributed by atoms with Gasteiger partial charge in [-0.1, -0.05) is 30.3 Å². The number of nitrogens with zero attached hydrogens (tertiary/aromatic N) is 1. The third-order valence-corrected chi connectivity index (χ3v) is 5.97. The fourth-order valence-electron chi connectivity index (χ4n) is 4.07. The highest BCUT2D eigenvalue weighted by Crippen LogP contribution is 2.35. The number of piperidine rings is 1. The van der Waals surface area contributed by atoms with Crippen LogP contribution in [0.1, 0.15) is 37.7 Å². The molecule has 0 spiro atoms. The molecule has 2 aromatic rings. The van der Waals surface area contributed by atoms with Crippen LogP contribution in [0.25, 0.3) is 0 Å². The van der Waals surface area contributed by atoms with Gasteiger partial charge in [-0.3, -0.25) is 0 Å². The molecule has 145 valence electrons. The zero-order chi connectivity index (χ0) is 19.3. The number of rotatable bonds is 7. The van der Waals surface area contributed by atoms with E-state index in [1.807, 2.05) is 0 Å². The number of quaternary nitrogens is 1. The first kappa shape index (κ1) is 19.8. The molecule has 1 radical (unpaired) electrons. The Kier molecular flexibility index (Phi) is 6.48. The van der Waals surface area contributed by atoms with Crippen LogP contribution in [0.15, 0.2) is 48.5 Å². The van der Waals surface area contributed by atoms with Gasteiger partial charge in [-0.15, -0.1) is 0 Å².